The molecule has 1 amide bonds. The maximum atomic E-state index is 11.8. The molecule has 0 bridgehead atoms. The molecular weight excluding hydrogens is 224 g/mol. The molecule has 1 aromatic carbocycles. The SMILES string of the molecule is Cc1ccc(Cl)c(NC(=O)[C@H]2CCCN2)c1. The van der Waals surface area contributed by atoms with Crippen LogP contribution in [-0.4, -0.2) is 18.5 Å². The Morgan fingerprint density at radius 3 is 3.06 bits per heavy atom. The summed E-state index contributed by atoms with van der Waals surface area (Å²) in [7, 11) is 0. The molecule has 2 N–H and O–H groups in total. The van der Waals surface area contributed by atoms with Crippen molar-refractivity contribution < 1.29 is 4.79 Å². The second-order valence-corrected chi connectivity index (χ2v) is 4.53. The van der Waals surface area contributed by atoms with Crippen LogP contribution in [0.4, 0.5) is 5.69 Å². The molecule has 1 aliphatic rings. The van der Waals surface area contributed by atoms with Crippen LogP contribution in [0, 0.1) is 6.92 Å². The average Bonchev–Trinajstić information content (AvgIpc) is 2.76. The quantitative estimate of drug-likeness (QED) is 0.831. The summed E-state index contributed by atoms with van der Waals surface area (Å²) in [6, 6.07) is 5.53. The highest BCUT2D eigenvalue weighted by Gasteiger charge is 2.22. The van der Waals surface area contributed by atoms with Crippen molar-refractivity contribution >= 4 is 23.2 Å². The van der Waals surface area contributed by atoms with Gasteiger partial charge in [0.1, 0.15) is 0 Å². The second kappa shape index (κ2) is 4.85. The van der Waals surface area contributed by atoms with E-state index in [-0.39, 0.29) is 11.9 Å². The summed E-state index contributed by atoms with van der Waals surface area (Å²) >= 11 is 6.01. The van der Waals surface area contributed by atoms with Gasteiger partial charge in [-0.25, -0.2) is 0 Å². The van der Waals surface area contributed by atoms with Gasteiger partial charge in [-0.1, -0.05) is 17.7 Å². The molecule has 0 spiro atoms. The molecule has 1 aliphatic heterocycles. The molecule has 4 heteroatoms. The minimum absolute atomic E-state index is 0.00463. The van der Waals surface area contributed by atoms with Crippen LogP contribution in [-0.2, 0) is 4.79 Å². The van der Waals surface area contributed by atoms with Gasteiger partial charge in [0.05, 0.1) is 16.8 Å². The Kier molecular flexibility index (Phi) is 3.46. The van der Waals surface area contributed by atoms with Gasteiger partial charge in [0.15, 0.2) is 0 Å². The van der Waals surface area contributed by atoms with Crippen molar-refractivity contribution in [3.63, 3.8) is 0 Å². The molecule has 1 heterocycles. The lowest BCUT2D eigenvalue weighted by atomic mass is 10.2. The van der Waals surface area contributed by atoms with Crippen LogP contribution in [0.1, 0.15) is 18.4 Å². The molecule has 1 saturated heterocycles. The number of carbonyl (C=O) groups is 1. The fourth-order valence-electron chi connectivity index (χ4n) is 1.86. The number of anilines is 1. The molecule has 0 unspecified atom stereocenters. The van der Waals surface area contributed by atoms with E-state index in [1.54, 1.807) is 6.07 Å². The minimum Gasteiger partial charge on any atom is -0.323 e. The van der Waals surface area contributed by atoms with E-state index in [9.17, 15) is 4.79 Å². The van der Waals surface area contributed by atoms with Crippen LogP contribution in [0.2, 0.25) is 5.02 Å². The van der Waals surface area contributed by atoms with E-state index in [2.05, 4.69) is 10.6 Å². The number of amides is 1. The molecule has 0 saturated carbocycles. The first kappa shape index (κ1) is 11.4. The minimum atomic E-state index is -0.0726. The summed E-state index contributed by atoms with van der Waals surface area (Å²) in [5.41, 5.74) is 1.78. The van der Waals surface area contributed by atoms with Gasteiger partial charge < -0.3 is 10.6 Å². The maximum Gasteiger partial charge on any atom is 0.241 e. The first-order chi connectivity index (χ1) is 7.66. The fraction of sp³-hybridized carbons (Fsp3) is 0.417. The predicted octanol–water partition coefficient (Wildman–Crippen LogP) is 2.34. The Morgan fingerprint density at radius 2 is 2.38 bits per heavy atom. The summed E-state index contributed by atoms with van der Waals surface area (Å²) in [5.74, 6) is 0.00463. The zero-order chi connectivity index (χ0) is 11.5. The Bertz CT molecular complexity index is 400. The average molecular weight is 239 g/mol. The third-order valence-electron chi connectivity index (χ3n) is 2.76. The van der Waals surface area contributed by atoms with E-state index >= 15 is 0 Å². The van der Waals surface area contributed by atoms with Crippen molar-refractivity contribution in [3.05, 3.63) is 28.8 Å². The van der Waals surface area contributed by atoms with E-state index in [1.807, 2.05) is 19.1 Å². The Labute approximate surface area is 100 Å². The van der Waals surface area contributed by atoms with E-state index in [4.69, 9.17) is 11.6 Å². The number of hydrogen-bond acceptors (Lipinski definition) is 2. The Morgan fingerprint density at radius 1 is 1.56 bits per heavy atom. The lowest BCUT2D eigenvalue weighted by molar-refractivity contribution is -0.117. The van der Waals surface area contributed by atoms with E-state index < -0.39 is 0 Å². The molecule has 1 atom stereocenters. The zero-order valence-electron chi connectivity index (χ0n) is 9.22. The van der Waals surface area contributed by atoms with Crippen molar-refractivity contribution in [2.75, 3.05) is 11.9 Å². The maximum absolute atomic E-state index is 11.8. The van der Waals surface area contributed by atoms with Gasteiger partial charge in [-0.05, 0) is 44.0 Å². The normalized spacial score (nSPS) is 19.8. The van der Waals surface area contributed by atoms with E-state index in [0.717, 1.165) is 24.9 Å². The molecule has 3 nitrogen and oxygen atoms in total. The number of benzene rings is 1. The van der Waals surface area contributed by atoms with Crippen molar-refractivity contribution in [2.45, 2.75) is 25.8 Å². The lowest BCUT2D eigenvalue weighted by Gasteiger charge is -2.12. The summed E-state index contributed by atoms with van der Waals surface area (Å²) in [5, 5.41) is 6.60. The van der Waals surface area contributed by atoms with Crippen molar-refractivity contribution in [1.82, 2.24) is 5.32 Å². The summed E-state index contributed by atoms with van der Waals surface area (Å²) in [4.78, 5) is 11.8. The smallest absolute Gasteiger partial charge is 0.241 e. The van der Waals surface area contributed by atoms with Gasteiger partial charge in [-0.3, -0.25) is 4.79 Å². The Hall–Kier alpha value is -1.06. The van der Waals surface area contributed by atoms with Crippen LogP contribution in [0.3, 0.4) is 0 Å². The van der Waals surface area contributed by atoms with Gasteiger partial charge in [0.25, 0.3) is 0 Å². The number of carbonyl (C=O) groups excluding carboxylic acids is 1. The molecule has 0 aromatic heterocycles. The van der Waals surface area contributed by atoms with Crippen LogP contribution in [0.15, 0.2) is 18.2 Å². The zero-order valence-corrected chi connectivity index (χ0v) is 9.97. The van der Waals surface area contributed by atoms with E-state index in [1.165, 1.54) is 0 Å². The lowest BCUT2D eigenvalue weighted by Crippen LogP contribution is -2.35. The molecule has 1 fully saturated rings. The number of aryl methyl sites for hydroxylation is 1. The molecule has 16 heavy (non-hydrogen) atoms. The van der Waals surface area contributed by atoms with Crippen molar-refractivity contribution in [2.24, 2.45) is 0 Å². The summed E-state index contributed by atoms with van der Waals surface area (Å²) in [6.07, 6.45) is 1.95. The van der Waals surface area contributed by atoms with Gasteiger partial charge in [0, 0.05) is 0 Å². The first-order valence-corrected chi connectivity index (χ1v) is 5.85. The largest absolute Gasteiger partial charge is 0.323 e. The van der Waals surface area contributed by atoms with Gasteiger partial charge >= 0.3 is 0 Å². The topological polar surface area (TPSA) is 41.1 Å². The highest BCUT2D eigenvalue weighted by molar-refractivity contribution is 6.33. The number of nitrogens with one attached hydrogen (secondary N) is 2. The third kappa shape index (κ3) is 2.54. The van der Waals surface area contributed by atoms with Crippen LogP contribution in [0.5, 0.6) is 0 Å². The van der Waals surface area contributed by atoms with E-state index in [0.29, 0.717) is 10.7 Å². The summed E-state index contributed by atoms with van der Waals surface area (Å²) in [6.45, 7) is 2.89. The standard InChI is InChI=1S/C12H15ClN2O/c1-8-4-5-9(13)11(7-8)15-12(16)10-3-2-6-14-10/h4-5,7,10,14H,2-3,6H2,1H3,(H,15,16)/t10-/m1/s1. The molecular formula is C12H15ClN2O. The molecule has 0 radical (unpaired) electrons. The molecule has 1 aromatic rings. The molecule has 86 valence electrons. The van der Waals surface area contributed by atoms with Crippen LogP contribution in [0.25, 0.3) is 0 Å². The number of rotatable bonds is 2. The summed E-state index contributed by atoms with van der Waals surface area (Å²) < 4.78 is 0. The predicted molar refractivity (Wildman–Crippen MR) is 65.8 cm³/mol. The van der Waals surface area contributed by atoms with Gasteiger partial charge in [-0.2, -0.15) is 0 Å². The third-order valence-corrected chi connectivity index (χ3v) is 3.09. The molecule has 0 aliphatic carbocycles. The van der Waals surface area contributed by atoms with Crippen LogP contribution >= 0.6 is 11.6 Å². The highest BCUT2D eigenvalue weighted by Crippen LogP contribution is 2.23. The highest BCUT2D eigenvalue weighted by atomic mass is 35.5. The van der Waals surface area contributed by atoms with Gasteiger partial charge in [0.2, 0.25) is 5.91 Å². The fourth-order valence-corrected chi connectivity index (χ4v) is 2.03. The van der Waals surface area contributed by atoms with Crippen LogP contribution < -0.4 is 10.6 Å². The van der Waals surface area contributed by atoms with Crippen molar-refractivity contribution in [3.8, 4) is 0 Å². The second-order valence-electron chi connectivity index (χ2n) is 4.12. The first-order valence-electron chi connectivity index (χ1n) is 5.47. The molecule has 2 rings (SSSR count). The Balaban J connectivity index is 2.07. The van der Waals surface area contributed by atoms with Crippen molar-refractivity contribution in [1.29, 1.82) is 0 Å². The number of hydrogen-bond donors (Lipinski definition) is 2. The number of halogens is 1. The van der Waals surface area contributed by atoms with Gasteiger partial charge in [-0.15, -0.1) is 0 Å². The monoisotopic (exact) mass is 238 g/mol.